The van der Waals surface area contributed by atoms with Gasteiger partial charge in [0.25, 0.3) is 0 Å². The largest absolute Gasteiger partial charge is 0.493 e. The van der Waals surface area contributed by atoms with Gasteiger partial charge in [0.05, 0.1) is 12.7 Å². The maximum Gasteiger partial charge on any atom is 0.195 e. The molecule has 0 N–H and O–H groups in total. The molecule has 0 spiro atoms. The Bertz CT molecular complexity index is 912. The minimum absolute atomic E-state index is 0.204. The Labute approximate surface area is 149 Å². The Kier molecular flexibility index (Phi) is 5.12. The molecule has 0 fully saturated rings. The molecular formula is C20H15NO3S. The molecule has 0 aliphatic heterocycles. The van der Waals surface area contributed by atoms with Crippen molar-refractivity contribution in [2.45, 2.75) is 6.61 Å². The average Bonchev–Trinajstić information content (AvgIpc) is 3.20. The molecule has 0 aliphatic rings. The highest BCUT2D eigenvalue weighted by Crippen LogP contribution is 2.32. The molecule has 0 saturated heterocycles. The molecule has 4 nitrogen and oxygen atoms in total. The molecular weight excluding hydrogens is 334 g/mol. The number of methoxy groups -OCH3 is 1. The molecule has 25 heavy (non-hydrogen) atoms. The zero-order chi connectivity index (χ0) is 17.6. The third-order valence-corrected chi connectivity index (χ3v) is 4.37. The Hall–Kier alpha value is -3.10. The van der Waals surface area contributed by atoms with Crippen LogP contribution >= 0.6 is 11.3 Å². The third-order valence-electron chi connectivity index (χ3n) is 3.69. The summed E-state index contributed by atoms with van der Waals surface area (Å²) in [5.41, 5.74) is 2.13. The summed E-state index contributed by atoms with van der Waals surface area (Å²) in [6.45, 7) is 0.342. The average molecular weight is 349 g/mol. The predicted molar refractivity (Wildman–Crippen MR) is 96.2 cm³/mol. The van der Waals surface area contributed by atoms with Gasteiger partial charge in [-0.1, -0.05) is 30.3 Å². The maximum absolute atomic E-state index is 12.7. The van der Waals surface area contributed by atoms with E-state index < -0.39 is 0 Å². The van der Waals surface area contributed by atoms with Crippen LogP contribution in [0.25, 0.3) is 0 Å². The van der Waals surface area contributed by atoms with Gasteiger partial charge < -0.3 is 9.47 Å². The van der Waals surface area contributed by atoms with Gasteiger partial charge in [-0.25, -0.2) is 0 Å². The van der Waals surface area contributed by atoms with E-state index in [0.29, 0.717) is 29.2 Å². The van der Waals surface area contributed by atoms with Crippen molar-refractivity contribution in [1.82, 2.24) is 0 Å². The molecule has 5 heteroatoms. The minimum atomic E-state index is -0.204. The van der Waals surface area contributed by atoms with Gasteiger partial charge in [-0.2, -0.15) is 16.6 Å². The number of thiophene rings is 1. The second-order valence-corrected chi connectivity index (χ2v) is 6.06. The number of ketones is 1. The summed E-state index contributed by atoms with van der Waals surface area (Å²) in [6.07, 6.45) is 0. The van der Waals surface area contributed by atoms with Crippen molar-refractivity contribution in [3.8, 4) is 17.6 Å². The van der Waals surface area contributed by atoms with Gasteiger partial charge in [0.15, 0.2) is 17.3 Å². The monoisotopic (exact) mass is 349 g/mol. The molecule has 0 bridgehead atoms. The highest BCUT2D eigenvalue weighted by molar-refractivity contribution is 7.08. The predicted octanol–water partition coefficient (Wildman–Crippen LogP) is 4.44. The lowest BCUT2D eigenvalue weighted by atomic mass is 10.00. The summed E-state index contributed by atoms with van der Waals surface area (Å²) in [7, 11) is 1.51. The van der Waals surface area contributed by atoms with Crippen molar-refractivity contribution in [2.75, 3.05) is 7.11 Å². The number of rotatable bonds is 6. The molecule has 1 aromatic heterocycles. The number of nitriles is 1. The first-order valence-electron chi connectivity index (χ1n) is 7.58. The molecule has 0 saturated carbocycles. The van der Waals surface area contributed by atoms with Gasteiger partial charge in [-0.15, -0.1) is 0 Å². The van der Waals surface area contributed by atoms with Crippen molar-refractivity contribution >= 4 is 17.1 Å². The van der Waals surface area contributed by atoms with Gasteiger partial charge >= 0.3 is 0 Å². The van der Waals surface area contributed by atoms with Gasteiger partial charge in [0.2, 0.25) is 0 Å². The number of carbonyl (C=O) groups is 1. The highest BCUT2D eigenvalue weighted by atomic mass is 32.1. The number of carbonyl (C=O) groups excluding carboxylic acids is 1. The molecule has 124 valence electrons. The van der Waals surface area contributed by atoms with E-state index in [0.717, 1.165) is 5.56 Å². The smallest absolute Gasteiger partial charge is 0.195 e. The number of nitrogens with zero attached hydrogens (tertiary/aromatic N) is 1. The topological polar surface area (TPSA) is 59.3 Å². The lowest BCUT2D eigenvalue weighted by Crippen LogP contribution is -2.06. The van der Waals surface area contributed by atoms with E-state index in [1.165, 1.54) is 18.4 Å². The van der Waals surface area contributed by atoms with Crippen LogP contribution in [0.5, 0.6) is 11.5 Å². The number of ether oxygens (including phenoxy) is 2. The molecule has 0 amide bonds. The van der Waals surface area contributed by atoms with Crippen molar-refractivity contribution in [2.24, 2.45) is 0 Å². The quantitative estimate of drug-likeness (QED) is 0.617. The molecule has 0 radical (unpaired) electrons. The van der Waals surface area contributed by atoms with E-state index in [9.17, 15) is 10.1 Å². The van der Waals surface area contributed by atoms with Gasteiger partial charge in [-0.3, -0.25) is 4.79 Å². The van der Waals surface area contributed by atoms with E-state index in [1.807, 2.05) is 35.7 Å². The summed E-state index contributed by atoms with van der Waals surface area (Å²) >= 11 is 1.44. The number of hydrogen-bond acceptors (Lipinski definition) is 5. The Morgan fingerprint density at radius 3 is 2.60 bits per heavy atom. The standard InChI is InChI=1S/C20H15NO3S/c1-23-18-9-16(11-21)17(20(22)15-7-8-25-13-15)10-19(18)24-12-14-5-3-2-4-6-14/h2-10,13H,12H2,1H3. The molecule has 0 aliphatic carbocycles. The first-order valence-corrected chi connectivity index (χ1v) is 8.53. The van der Waals surface area contributed by atoms with Crippen LogP contribution in [-0.4, -0.2) is 12.9 Å². The van der Waals surface area contributed by atoms with Crippen LogP contribution in [0.2, 0.25) is 0 Å². The molecule has 1 heterocycles. The number of hydrogen-bond donors (Lipinski definition) is 0. The van der Waals surface area contributed by atoms with Gasteiger partial charge in [-0.05, 0) is 23.1 Å². The lowest BCUT2D eigenvalue weighted by molar-refractivity contribution is 0.103. The van der Waals surface area contributed by atoms with Crippen molar-refractivity contribution in [3.05, 3.63) is 81.5 Å². The van der Waals surface area contributed by atoms with Crippen LogP contribution in [0.4, 0.5) is 0 Å². The number of benzene rings is 2. The summed E-state index contributed by atoms with van der Waals surface area (Å²) in [4.78, 5) is 12.7. The van der Waals surface area contributed by atoms with E-state index >= 15 is 0 Å². The van der Waals surface area contributed by atoms with Gasteiger partial charge in [0, 0.05) is 22.6 Å². The van der Waals surface area contributed by atoms with E-state index in [4.69, 9.17) is 9.47 Å². The normalized spacial score (nSPS) is 10.1. The maximum atomic E-state index is 12.7. The first-order chi connectivity index (χ1) is 12.2. The van der Waals surface area contributed by atoms with Crippen molar-refractivity contribution in [3.63, 3.8) is 0 Å². The zero-order valence-electron chi connectivity index (χ0n) is 13.6. The molecule has 3 aromatic rings. The minimum Gasteiger partial charge on any atom is -0.493 e. The summed E-state index contributed by atoms with van der Waals surface area (Å²) < 4.78 is 11.2. The summed E-state index contributed by atoms with van der Waals surface area (Å²) in [5.74, 6) is 0.656. The fourth-order valence-electron chi connectivity index (χ4n) is 2.40. The van der Waals surface area contributed by atoms with E-state index in [-0.39, 0.29) is 11.3 Å². The Balaban J connectivity index is 1.95. The van der Waals surface area contributed by atoms with Crippen LogP contribution in [0.15, 0.2) is 59.3 Å². The highest BCUT2D eigenvalue weighted by Gasteiger charge is 2.19. The second kappa shape index (κ2) is 7.65. The Morgan fingerprint density at radius 1 is 1.16 bits per heavy atom. The van der Waals surface area contributed by atoms with E-state index in [1.54, 1.807) is 23.6 Å². The molecule has 0 atom stereocenters. The van der Waals surface area contributed by atoms with Gasteiger partial charge in [0.1, 0.15) is 12.7 Å². The third kappa shape index (κ3) is 3.70. The molecule has 2 aromatic carbocycles. The van der Waals surface area contributed by atoms with E-state index in [2.05, 4.69) is 6.07 Å². The fraction of sp³-hybridized carbons (Fsp3) is 0.100. The van der Waals surface area contributed by atoms with Crippen LogP contribution in [0.3, 0.4) is 0 Å². The van der Waals surface area contributed by atoms with Crippen molar-refractivity contribution in [1.29, 1.82) is 5.26 Å². The van der Waals surface area contributed by atoms with Crippen LogP contribution < -0.4 is 9.47 Å². The zero-order valence-corrected chi connectivity index (χ0v) is 14.4. The molecule has 3 rings (SSSR count). The lowest BCUT2D eigenvalue weighted by Gasteiger charge is -2.13. The second-order valence-electron chi connectivity index (χ2n) is 5.28. The van der Waals surface area contributed by atoms with Crippen molar-refractivity contribution < 1.29 is 14.3 Å². The first kappa shape index (κ1) is 16.7. The SMILES string of the molecule is COc1cc(C#N)c(C(=O)c2ccsc2)cc1OCc1ccccc1. The summed E-state index contributed by atoms with van der Waals surface area (Å²) in [6, 6.07) is 16.6. The van der Waals surface area contributed by atoms with Crippen LogP contribution in [0.1, 0.15) is 27.0 Å². The summed E-state index contributed by atoms with van der Waals surface area (Å²) in [5, 5.41) is 13.0. The molecule has 0 unspecified atom stereocenters. The van der Waals surface area contributed by atoms with Crippen LogP contribution in [0, 0.1) is 11.3 Å². The van der Waals surface area contributed by atoms with Crippen LogP contribution in [-0.2, 0) is 6.61 Å². The Morgan fingerprint density at radius 2 is 1.96 bits per heavy atom. The fourth-order valence-corrected chi connectivity index (χ4v) is 3.03.